The molecule has 1 aromatic heterocycles. The Kier molecular flexibility index (Phi) is 6.30. The second kappa shape index (κ2) is 9.67. The van der Waals surface area contributed by atoms with Crippen molar-refractivity contribution in [3.63, 3.8) is 0 Å². The van der Waals surface area contributed by atoms with Crippen LogP contribution in [0.5, 0.6) is 0 Å². The summed E-state index contributed by atoms with van der Waals surface area (Å²) in [4.78, 5) is 34.5. The SMILES string of the molecule is CC1CCN(c2ccccc2C(=O)Nc2ccc3c(c2)CCN3C(=O)Cc2ccccn2)CC1. The minimum atomic E-state index is -0.102. The van der Waals surface area contributed by atoms with Crippen LogP contribution in [0.1, 0.15) is 41.4 Å². The van der Waals surface area contributed by atoms with Crippen molar-refractivity contribution in [2.75, 3.05) is 34.8 Å². The zero-order valence-electron chi connectivity index (χ0n) is 19.5. The number of hydrogen-bond acceptors (Lipinski definition) is 4. The van der Waals surface area contributed by atoms with Gasteiger partial charge < -0.3 is 15.1 Å². The van der Waals surface area contributed by atoms with Gasteiger partial charge in [-0.25, -0.2) is 0 Å². The van der Waals surface area contributed by atoms with Crippen molar-refractivity contribution in [1.29, 1.82) is 0 Å². The summed E-state index contributed by atoms with van der Waals surface area (Å²) < 4.78 is 0. The van der Waals surface area contributed by atoms with Gasteiger partial charge in [-0.3, -0.25) is 14.6 Å². The number of carbonyl (C=O) groups excluding carboxylic acids is 2. The molecule has 3 heterocycles. The Bertz CT molecular complexity index is 1190. The molecule has 6 nitrogen and oxygen atoms in total. The van der Waals surface area contributed by atoms with Crippen molar-refractivity contribution in [3.8, 4) is 0 Å². The molecule has 2 aliphatic rings. The van der Waals surface area contributed by atoms with E-state index in [0.717, 1.165) is 66.6 Å². The number of aromatic nitrogens is 1. The van der Waals surface area contributed by atoms with E-state index in [-0.39, 0.29) is 18.2 Å². The molecular weight excluding hydrogens is 424 g/mol. The molecule has 1 N–H and O–H groups in total. The van der Waals surface area contributed by atoms with E-state index in [0.29, 0.717) is 12.1 Å². The van der Waals surface area contributed by atoms with E-state index in [9.17, 15) is 9.59 Å². The van der Waals surface area contributed by atoms with E-state index in [1.807, 2.05) is 65.6 Å². The van der Waals surface area contributed by atoms with Crippen LogP contribution in [0.15, 0.2) is 66.9 Å². The summed E-state index contributed by atoms with van der Waals surface area (Å²) >= 11 is 0. The van der Waals surface area contributed by atoms with E-state index in [2.05, 4.69) is 22.1 Å². The van der Waals surface area contributed by atoms with Crippen LogP contribution in [-0.2, 0) is 17.6 Å². The Labute approximate surface area is 200 Å². The molecule has 174 valence electrons. The minimum absolute atomic E-state index is 0.0408. The highest BCUT2D eigenvalue weighted by atomic mass is 16.2. The summed E-state index contributed by atoms with van der Waals surface area (Å²) in [5, 5.41) is 3.08. The van der Waals surface area contributed by atoms with Crippen LogP contribution in [0.4, 0.5) is 17.1 Å². The molecule has 1 fully saturated rings. The van der Waals surface area contributed by atoms with Gasteiger partial charge in [0.05, 0.1) is 12.0 Å². The smallest absolute Gasteiger partial charge is 0.257 e. The van der Waals surface area contributed by atoms with Crippen molar-refractivity contribution < 1.29 is 9.59 Å². The summed E-state index contributed by atoms with van der Waals surface area (Å²) in [5.41, 5.74) is 5.22. The second-order valence-electron chi connectivity index (χ2n) is 9.28. The molecule has 0 radical (unpaired) electrons. The number of carbonyl (C=O) groups is 2. The molecule has 0 saturated carbocycles. The number of pyridine rings is 1. The van der Waals surface area contributed by atoms with Crippen molar-refractivity contribution in [1.82, 2.24) is 4.98 Å². The van der Waals surface area contributed by atoms with Crippen molar-refractivity contribution in [2.45, 2.75) is 32.6 Å². The van der Waals surface area contributed by atoms with Gasteiger partial charge in [-0.1, -0.05) is 25.1 Å². The maximum absolute atomic E-state index is 13.2. The van der Waals surface area contributed by atoms with Crippen LogP contribution in [0, 0.1) is 5.92 Å². The van der Waals surface area contributed by atoms with E-state index in [4.69, 9.17) is 0 Å². The summed E-state index contributed by atoms with van der Waals surface area (Å²) in [6.07, 6.45) is 5.06. The Morgan fingerprint density at radius 1 is 0.971 bits per heavy atom. The van der Waals surface area contributed by atoms with E-state index >= 15 is 0 Å². The fraction of sp³-hybridized carbons (Fsp3) is 0.321. The first-order valence-corrected chi connectivity index (χ1v) is 12.1. The predicted octanol–water partition coefficient (Wildman–Crippen LogP) is 4.70. The number of nitrogens with zero attached hydrogens (tertiary/aromatic N) is 3. The predicted molar refractivity (Wildman–Crippen MR) is 135 cm³/mol. The standard InChI is InChI=1S/C28H30N4O2/c1-20-11-15-31(16-12-20)26-8-3-2-7-24(26)28(34)30-23-9-10-25-21(18-23)13-17-32(25)27(33)19-22-6-4-5-14-29-22/h2-10,14,18,20H,11-13,15-17,19H2,1H3,(H,30,34). The molecular formula is C28H30N4O2. The topological polar surface area (TPSA) is 65.5 Å². The van der Waals surface area contributed by atoms with Gasteiger partial charge in [0.2, 0.25) is 5.91 Å². The Morgan fingerprint density at radius 3 is 2.56 bits per heavy atom. The Hall–Kier alpha value is -3.67. The van der Waals surface area contributed by atoms with Gasteiger partial charge in [0.15, 0.2) is 0 Å². The number of anilines is 3. The first-order valence-electron chi connectivity index (χ1n) is 12.1. The first-order chi connectivity index (χ1) is 16.6. The lowest BCUT2D eigenvalue weighted by Crippen LogP contribution is -2.34. The van der Waals surface area contributed by atoms with Crippen LogP contribution < -0.4 is 15.1 Å². The summed E-state index contributed by atoms with van der Waals surface area (Å²) in [5.74, 6) is 0.674. The molecule has 0 bridgehead atoms. The Balaban J connectivity index is 1.29. The van der Waals surface area contributed by atoms with Gasteiger partial charge in [-0.05, 0) is 73.2 Å². The summed E-state index contributed by atoms with van der Waals surface area (Å²) in [6.45, 7) is 4.89. The molecule has 1 saturated heterocycles. The number of fused-ring (bicyclic) bond motifs is 1. The van der Waals surface area contributed by atoms with Gasteiger partial charge in [0.25, 0.3) is 5.91 Å². The quantitative estimate of drug-likeness (QED) is 0.607. The van der Waals surface area contributed by atoms with Crippen LogP contribution >= 0.6 is 0 Å². The van der Waals surface area contributed by atoms with Gasteiger partial charge in [0.1, 0.15) is 0 Å². The molecule has 6 heteroatoms. The Morgan fingerprint density at radius 2 is 1.76 bits per heavy atom. The third-order valence-corrected chi connectivity index (χ3v) is 6.87. The number of nitrogens with one attached hydrogen (secondary N) is 1. The third-order valence-electron chi connectivity index (χ3n) is 6.87. The first kappa shape index (κ1) is 22.1. The minimum Gasteiger partial charge on any atom is -0.371 e. The third kappa shape index (κ3) is 4.67. The van der Waals surface area contributed by atoms with E-state index < -0.39 is 0 Å². The van der Waals surface area contributed by atoms with Gasteiger partial charge in [-0.2, -0.15) is 0 Å². The van der Waals surface area contributed by atoms with Crippen LogP contribution in [0.2, 0.25) is 0 Å². The maximum Gasteiger partial charge on any atom is 0.257 e. The number of rotatable bonds is 5. The lowest BCUT2D eigenvalue weighted by atomic mass is 9.98. The van der Waals surface area contributed by atoms with Crippen LogP contribution in [-0.4, -0.2) is 36.4 Å². The number of benzene rings is 2. The van der Waals surface area contributed by atoms with E-state index in [1.165, 1.54) is 0 Å². The largest absolute Gasteiger partial charge is 0.371 e. The van der Waals surface area contributed by atoms with Crippen molar-refractivity contribution >= 4 is 28.9 Å². The molecule has 2 aromatic carbocycles. The average Bonchev–Trinajstić information content (AvgIpc) is 3.29. The number of para-hydroxylation sites is 1. The lowest BCUT2D eigenvalue weighted by molar-refractivity contribution is -0.117. The van der Waals surface area contributed by atoms with Crippen LogP contribution in [0.3, 0.4) is 0 Å². The average molecular weight is 455 g/mol. The normalized spacial score (nSPS) is 15.8. The number of hydrogen-bond donors (Lipinski definition) is 1. The molecule has 0 unspecified atom stereocenters. The second-order valence-corrected chi connectivity index (χ2v) is 9.28. The zero-order chi connectivity index (χ0) is 23.5. The lowest BCUT2D eigenvalue weighted by Gasteiger charge is -2.33. The fourth-order valence-electron chi connectivity index (χ4n) is 4.88. The molecule has 3 aromatic rings. The molecule has 5 rings (SSSR count). The van der Waals surface area contributed by atoms with Crippen molar-refractivity contribution in [3.05, 3.63) is 83.7 Å². The summed E-state index contributed by atoms with van der Waals surface area (Å²) in [6, 6.07) is 19.3. The van der Waals surface area contributed by atoms with Gasteiger partial charge in [-0.15, -0.1) is 0 Å². The number of piperidine rings is 1. The van der Waals surface area contributed by atoms with Gasteiger partial charge in [0, 0.05) is 48.6 Å². The zero-order valence-corrected chi connectivity index (χ0v) is 19.5. The molecule has 2 aliphatic heterocycles. The van der Waals surface area contributed by atoms with Crippen molar-refractivity contribution in [2.24, 2.45) is 5.92 Å². The molecule has 34 heavy (non-hydrogen) atoms. The maximum atomic E-state index is 13.2. The number of amides is 2. The highest BCUT2D eigenvalue weighted by molar-refractivity contribution is 6.08. The summed E-state index contributed by atoms with van der Waals surface area (Å²) in [7, 11) is 0. The molecule has 2 amide bonds. The molecule has 0 atom stereocenters. The molecule has 0 spiro atoms. The highest BCUT2D eigenvalue weighted by Gasteiger charge is 2.26. The fourth-order valence-corrected chi connectivity index (χ4v) is 4.88. The molecule has 0 aliphatic carbocycles. The van der Waals surface area contributed by atoms with Crippen LogP contribution in [0.25, 0.3) is 0 Å². The highest BCUT2D eigenvalue weighted by Crippen LogP contribution is 2.32. The van der Waals surface area contributed by atoms with Gasteiger partial charge >= 0.3 is 0 Å². The van der Waals surface area contributed by atoms with E-state index in [1.54, 1.807) is 6.20 Å². The monoisotopic (exact) mass is 454 g/mol.